The minimum atomic E-state index is -0.0342. The third kappa shape index (κ3) is 2.90. The Hall–Kier alpha value is -1.40. The molecule has 6 nitrogen and oxygen atoms in total. The molecule has 1 aliphatic carbocycles. The average molecular weight is 307 g/mol. The lowest BCUT2D eigenvalue weighted by molar-refractivity contribution is 0.0669. The van der Waals surface area contributed by atoms with Gasteiger partial charge in [0.05, 0.1) is 30.5 Å². The van der Waals surface area contributed by atoms with Gasteiger partial charge in [0.25, 0.3) is 5.91 Å². The van der Waals surface area contributed by atoms with Crippen LogP contribution in [0, 0.1) is 12.3 Å². The summed E-state index contributed by atoms with van der Waals surface area (Å²) >= 11 is 0. The van der Waals surface area contributed by atoms with Crippen molar-refractivity contribution in [2.24, 2.45) is 5.41 Å². The van der Waals surface area contributed by atoms with Crippen LogP contribution in [0.3, 0.4) is 0 Å². The molecule has 1 amide bonds. The molecule has 0 unspecified atom stereocenters. The Morgan fingerprint density at radius 1 is 1.59 bits per heavy atom. The summed E-state index contributed by atoms with van der Waals surface area (Å²) in [6.45, 7) is 4.65. The number of hydrogen-bond acceptors (Lipinski definition) is 4. The molecule has 0 bridgehead atoms. The minimum Gasteiger partial charge on any atom is -0.383 e. The Balaban J connectivity index is 1.61. The van der Waals surface area contributed by atoms with Crippen molar-refractivity contribution in [1.29, 1.82) is 0 Å². The third-order valence-corrected chi connectivity index (χ3v) is 5.06. The molecule has 1 saturated heterocycles. The van der Waals surface area contributed by atoms with Gasteiger partial charge in [0.15, 0.2) is 0 Å². The molecular weight excluding hydrogens is 282 g/mol. The lowest BCUT2D eigenvalue weighted by Crippen LogP contribution is -2.39. The van der Waals surface area contributed by atoms with Crippen LogP contribution in [-0.4, -0.2) is 48.7 Å². The van der Waals surface area contributed by atoms with E-state index in [-0.39, 0.29) is 11.3 Å². The maximum Gasteiger partial charge on any atom is 0.254 e. The van der Waals surface area contributed by atoms with Crippen LogP contribution in [0.5, 0.6) is 0 Å². The summed E-state index contributed by atoms with van der Waals surface area (Å²) in [5, 5.41) is 7.47. The molecule has 1 saturated carbocycles. The van der Waals surface area contributed by atoms with Gasteiger partial charge in [-0.05, 0) is 26.2 Å². The fourth-order valence-electron chi connectivity index (χ4n) is 3.74. The number of ether oxygens (including phenoxy) is 2. The highest BCUT2D eigenvalue weighted by Gasteiger charge is 2.47. The Bertz CT molecular complexity index is 531. The number of hydrogen-bond donors (Lipinski definition) is 1. The van der Waals surface area contributed by atoms with Crippen molar-refractivity contribution in [2.75, 3.05) is 26.9 Å². The molecule has 3 rings (SSSR count). The molecule has 0 aromatic carbocycles. The maximum atomic E-state index is 12.5. The van der Waals surface area contributed by atoms with E-state index in [2.05, 4.69) is 10.4 Å². The highest BCUT2D eigenvalue weighted by molar-refractivity contribution is 5.95. The number of amides is 1. The van der Waals surface area contributed by atoms with Crippen LogP contribution >= 0.6 is 0 Å². The summed E-state index contributed by atoms with van der Waals surface area (Å²) in [5.41, 5.74) is 1.58. The molecule has 122 valence electrons. The lowest BCUT2D eigenvalue weighted by atomic mass is 9.83. The van der Waals surface area contributed by atoms with Crippen molar-refractivity contribution in [3.63, 3.8) is 0 Å². The summed E-state index contributed by atoms with van der Waals surface area (Å²) in [6.07, 6.45) is 6.68. The van der Waals surface area contributed by atoms with E-state index in [1.54, 1.807) is 18.0 Å². The SMILES string of the molecule is COCCn1cc(C(=O)NC[C@]23CCC[C@H]2OCC3)c(C)n1. The second-order valence-corrected chi connectivity index (χ2v) is 6.43. The molecule has 2 aliphatic rings. The number of aryl methyl sites for hydroxylation is 1. The Labute approximate surface area is 131 Å². The fraction of sp³-hybridized carbons (Fsp3) is 0.750. The number of carbonyl (C=O) groups is 1. The van der Waals surface area contributed by atoms with Gasteiger partial charge in [0.2, 0.25) is 0 Å². The molecule has 0 spiro atoms. The van der Waals surface area contributed by atoms with Gasteiger partial charge in [-0.1, -0.05) is 6.42 Å². The molecule has 0 radical (unpaired) electrons. The molecule has 1 aromatic heterocycles. The van der Waals surface area contributed by atoms with E-state index in [4.69, 9.17) is 9.47 Å². The van der Waals surface area contributed by atoms with E-state index in [1.165, 1.54) is 6.42 Å². The van der Waals surface area contributed by atoms with Gasteiger partial charge in [-0.3, -0.25) is 9.48 Å². The van der Waals surface area contributed by atoms with Crippen LogP contribution in [0.15, 0.2) is 6.20 Å². The summed E-state index contributed by atoms with van der Waals surface area (Å²) in [6, 6.07) is 0. The number of carbonyl (C=O) groups excluding carboxylic acids is 1. The average Bonchev–Trinajstić information content (AvgIpc) is 3.16. The van der Waals surface area contributed by atoms with E-state index >= 15 is 0 Å². The first-order valence-corrected chi connectivity index (χ1v) is 8.07. The van der Waals surface area contributed by atoms with Crippen LogP contribution in [-0.2, 0) is 16.0 Å². The highest BCUT2D eigenvalue weighted by Crippen LogP contribution is 2.46. The van der Waals surface area contributed by atoms with Crippen LogP contribution in [0.2, 0.25) is 0 Å². The second-order valence-electron chi connectivity index (χ2n) is 6.43. The van der Waals surface area contributed by atoms with Crippen molar-refractivity contribution in [1.82, 2.24) is 15.1 Å². The zero-order chi connectivity index (χ0) is 15.6. The maximum absolute atomic E-state index is 12.5. The normalized spacial score (nSPS) is 27.1. The van der Waals surface area contributed by atoms with Crippen LogP contribution < -0.4 is 5.32 Å². The van der Waals surface area contributed by atoms with Gasteiger partial charge in [-0.15, -0.1) is 0 Å². The number of rotatable bonds is 6. The van der Waals surface area contributed by atoms with E-state index in [0.29, 0.717) is 31.4 Å². The van der Waals surface area contributed by atoms with Gasteiger partial charge in [-0.2, -0.15) is 5.10 Å². The van der Waals surface area contributed by atoms with Crippen molar-refractivity contribution in [3.05, 3.63) is 17.5 Å². The van der Waals surface area contributed by atoms with Crippen molar-refractivity contribution < 1.29 is 14.3 Å². The predicted molar refractivity (Wildman–Crippen MR) is 81.8 cm³/mol. The largest absolute Gasteiger partial charge is 0.383 e. The fourth-order valence-corrected chi connectivity index (χ4v) is 3.74. The van der Waals surface area contributed by atoms with Crippen LogP contribution in [0.4, 0.5) is 0 Å². The lowest BCUT2D eigenvalue weighted by Gasteiger charge is -2.27. The van der Waals surface area contributed by atoms with Gasteiger partial charge in [0, 0.05) is 31.9 Å². The van der Waals surface area contributed by atoms with Crippen molar-refractivity contribution in [3.8, 4) is 0 Å². The molecule has 1 aliphatic heterocycles. The highest BCUT2D eigenvalue weighted by atomic mass is 16.5. The van der Waals surface area contributed by atoms with Gasteiger partial charge >= 0.3 is 0 Å². The quantitative estimate of drug-likeness (QED) is 0.865. The van der Waals surface area contributed by atoms with Crippen LogP contribution in [0.25, 0.3) is 0 Å². The second kappa shape index (κ2) is 6.38. The first kappa shape index (κ1) is 15.5. The minimum absolute atomic E-state index is 0.0342. The topological polar surface area (TPSA) is 65.4 Å². The molecular formula is C16H25N3O3. The van der Waals surface area contributed by atoms with E-state index in [9.17, 15) is 4.79 Å². The molecule has 2 atom stereocenters. The summed E-state index contributed by atoms with van der Waals surface area (Å²) < 4.78 is 12.6. The number of aromatic nitrogens is 2. The standard InChI is InChI=1S/C16H25N3O3/c1-12-13(10-19(18-12)7-9-21-2)15(20)17-11-16-5-3-4-14(16)22-8-6-16/h10,14H,3-9,11H2,1-2H3,(H,17,20)/t14-,16-/m1/s1. The molecule has 1 aromatic rings. The van der Waals surface area contributed by atoms with Crippen molar-refractivity contribution >= 4 is 5.91 Å². The Kier molecular flexibility index (Phi) is 4.49. The first-order valence-electron chi connectivity index (χ1n) is 8.07. The van der Waals surface area contributed by atoms with Crippen LogP contribution in [0.1, 0.15) is 41.7 Å². The van der Waals surface area contributed by atoms with E-state index in [1.807, 2.05) is 6.92 Å². The summed E-state index contributed by atoms with van der Waals surface area (Å²) in [5.74, 6) is -0.0342. The summed E-state index contributed by atoms with van der Waals surface area (Å²) in [7, 11) is 1.66. The van der Waals surface area contributed by atoms with Gasteiger partial charge < -0.3 is 14.8 Å². The van der Waals surface area contributed by atoms with E-state index < -0.39 is 0 Å². The van der Waals surface area contributed by atoms with Gasteiger partial charge in [-0.25, -0.2) is 0 Å². The number of nitrogens with zero attached hydrogens (tertiary/aromatic N) is 2. The third-order valence-electron chi connectivity index (χ3n) is 5.06. The number of methoxy groups -OCH3 is 1. The van der Waals surface area contributed by atoms with E-state index in [0.717, 1.165) is 31.6 Å². The smallest absolute Gasteiger partial charge is 0.254 e. The number of fused-ring (bicyclic) bond motifs is 1. The Morgan fingerprint density at radius 3 is 3.27 bits per heavy atom. The molecule has 6 heteroatoms. The first-order chi connectivity index (χ1) is 10.6. The Morgan fingerprint density at radius 2 is 2.45 bits per heavy atom. The molecule has 1 N–H and O–H groups in total. The van der Waals surface area contributed by atoms with Crippen molar-refractivity contribution in [2.45, 2.75) is 45.3 Å². The zero-order valence-electron chi connectivity index (χ0n) is 13.4. The van der Waals surface area contributed by atoms with Gasteiger partial charge in [0.1, 0.15) is 0 Å². The molecule has 2 fully saturated rings. The summed E-state index contributed by atoms with van der Waals surface area (Å²) in [4.78, 5) is 12.5. The molecule has 22 heavy (non-hydrogen) atoms. The molecule has 2 heterocycles. The number of nitrogens with one attached hydrogen (secondary N) is 1. The monoisotopic (exact) mass is 307 g/mol. The predicted octanol–water partition coefficient (Wildman–Crippen LogP) is 1.53. The zero-order valence-corrected chi connectivity index (χ0v) is 13.4.